The highest BCUT2D eigenvalue weighted by molar-refractivity contribution is 5.80. The molecule has 2 aromatic heterocycles. The maximum Gasteiger partial charge on any atom is 0.222 e. The second-order valence-corrected chi connectivity index (χ2v) is 7.38. The van der Waals surface area contributed by atoms with E-state index in [1.54, 1.807) is 4.68 Å². The van der Waals surface area contributed by atoms with Crippen molar-refractivity contribution >= 4 is 17.7 Å². The van der Waals surface area contributed by atoms with Crippen LogP contribution >= 0.6 is 0 Å². The number of hydrogen-bond acceptors (Lipinski definition) is 7. The number of benzene rings is 1. The minimum Gasteiger partial charge on any atom is -0.380 e. The van der Waals surface area contributed by atoms with Gasteiger partial charge in [0, 0.05) is 68.7 Å². The van der Waals surface area contributed by atoms with Gasteiger partial charge in [0.2, 0.25) is 5.95 Å². The molecule has 0 atom stereocenters. The highest BCUT2D eigenvalue weighted by atomic mass is 15.2. The van der Waals surface area contributed by atoms with E-state index in [0.29, 0.717) is 24.7 Å². The molecule has 1 aromatic carbocycles. The molecule has 1 aliphatic heterocycles. The summed E-state index contributed by atoms with van der Waals surface area (Å²) in [4.78, 5) is 8.79. The summed E-state index contributed by atoms with van der Waals surface area (Å²) in [5, 5.41) is 21.7. The van der Waals surface area contributed by atoms with Gasteiger partial charge in [-0.15, -0.1) is 0 Å². The molecule has 0 unspecified atom stereocenters. The lowest BCUT2D eigenvalue weighted by atomic mass is 10.1. The second kappa shape index (κ2) is 10.2. The highest BCUT2D eigenvalue weighted by Crippen LogP contribution is 2.18. The third-order valence-corrected chi connectivity index (χ3v) is 4.97. The lowest BCUT2D eigenvalue weighted by molar-refractivity contribution is 0.767. The number of nitrogens with one attached hydrogen (secondary N) is 4. The standard InChI is InChI=1S/C24H26N8/c1-32-17-21(16-31-32)20-7-8-22(28-15-20)23(12-25)26-9-10-27-24-29-13-19(14-30-24)11-18-5-3-2-4-6-18/h2-8,12-17,25-26,28H,9-11H2,1H3,(H,27,29,30)/b23-22+,25-12?. The SMILES string of the molecule is Cn1cc(C2=CN/C(=C(\C=N)NCCNc3ncc(Cc4ccccc4)cn3)C=C2)cn1. The Balaban J connectivity index is 1.25. The van der Waals surface area contributed by atoms with E-state index in [9.17, 15) is 0 Å². The van der Waals surface area contributed by atoms with Crippen molar-refractivity contribution in [2.75, 3.05) is 18.4 Å². The van der Waals surface area contributed by atoms with Crippen molar-refractivity contribution in [2.45, 2.75) is 6.42 Å². The molecule has 0 bridgehead atoms. The van der Waals surface area contributed by atoms with Crippen LogP contribution in [-0.2, 0) is 13.5 Å². The van der Waals surface area contributed by atoms with Gasteiger partial charge in [-0.2, -0.15) is 5.10 Å². The quantitative estimate of drug-likeness (QED) is 0.310. The van der Waals surface area contributed by atoms with Crippen LogP contribution in [0, 0.1) is 5.41 Å². The first kappa shape index (κ1) is 21.0. The minimum atomic E-state index is 0.590. The Hall–Kier alpha value is -4.20. The topological polar surface area (TPSA) is 104 Å². The fourth-order valence-electron chi connectivity index (χ4n) is 3.31. The summed E-state index contributed by atoms with van der Waals surface area (Å²) in [6.45, 7) is 1.25. The third kappa shape index (κ3) is 5.48. The Bertz CT molecular complexity index is 1140. The zero-order valence-electron chi connectivity index (χ0n) is 17.9. The van der Waals surface area contributed by atoms with Crippen molar-refractivity contribution in [3.05, 3.63) is 102 Å². The van der Waals surface area contributed by atoms with Crippen molar-refractivity contribution in [1.29, 1.82) is 5.41 Å². The fraction of sp³-hybridized carbons (Fsp3) is 0.167. The molecular weight excluding hydrogens is 400 g/mol. The molecule has 3 heterocycles. The van der Waals surface area contributed by atoms with Crippen LogP contribution < -0.4 is 16.0 Å². The molecule has 0 fully saturated rings. The van der Waals surface area contributed by atoms with Crippen LogP contribution in [0.5, 0.6) is 0 Å². The van der Waals surface area contributed by atoms with Crippen molar-refractivity contribution in [2.24, 2.45) is 7.05 Å². The summed E-state index contributed by atoms with van der Waals surface area (Å²) in [6.07, 6.45) is 15.5. The number of dihydropyridines is 1. The molecule has 0 saturated carbocycles. The number of allylic oxidation sites excluding steroid dienone is 4. The molecular formula is C24H26N8. The highest BCUT2D eigenvalue weighted by Gasteiger charge is 2.08. The fourth-order valence-corrected chi connectivity index (χ4v) is 3.31. The number of hydrogen-bond donors (Lipinski definition) is 4. The van der Waals surface area contributed by atoms with Gasteiger partial charge in [0.05, 0.1) is 17.6 Å². The van der Waals surface area contributed by atoms with Gasteiger partial charge >= 0.3 is 0 Å². The number of aromatic nitrogens is 4. The van der Waals surface area contributed by atoms with Gasteiger partial charge < -0.3 is 21.4 Å². The van der Waals surface area contributed by atoms with E-state index in [4.69, 9.17) is 5.41 Å². The van der Waals surface area contributed by atoms with E-state index >= 15 is 0 Å². The molecule has 0 radical (unpaired) electrons. The monoisotopic (exact) mass is 426 g/mol. The molecule has 32 heavy (non-hydrogen) atoms. The predicted octanol–water partition coefficient (Wildman–Crippen LogP) is 2.86. The predicted molar refractivity (Wildman–Crippen MR) is 127 cm³/mol. The molecule has 8 nitrogen and oxygen atoms in total. The average molecular weight is 427 g/mol. The third-order valence-electron chi connectivity index (χ3n) is 4.97. The number of aryl methyl sites for hydroxylation is 1. The molecule has 0 saturated heterocycles. The molecule has 3 aromatic rings. The van der Waals surface area contributed by atoms with E-state index in [1.807, 2.05) is 68.4 Å². The summed E-state index contributed by atoms with van der Waals surface area (Å²) in [5.74, 6) is 0.590. The Kier molecular flexibility index (Phi) is 6.72. The Labute approximate surface area is 187 Å². The maximum absolute atomic E-state index is 7.73. The molecule has 0 aliphatic carbocycles. The first-order chi connectivity index (χ1) is 15.7. The molecule has 0 amide bonds. The molecule has 8 heteroatoms. The van der Waals surface area contributed by atoms with Gasteiger partial charge in [-0.05, 0) is 17.2 Å². The lowest BCUT2D eigenvalue weighted by Crippen LogP contribution is -2.26. The van der Waals surface area contributed by atoms with Gasteiger partial charge in [0.1, 0.15) is 0 Å². The molecule has 0 spiro atoms. The van der Waals surface area contributed by atoms with Crippen LogP contribution in [0.1, 0.15) is 16.7 Å². The van der Waals surface area contributed by atoms with Gasteiger partial charge in [-0.3, -0.25) is 4.68 Å². The van der Waals surface area contributed by atoms with Crippen molar-refractivity contribution in [1.82, 2.24) is 30.4 Å². The van der Waals surface area contributed by atoms with Gasteiger partial charge in [0.15, 0.2) is 0 Å². The number of rotatable bonds is 9. The first-order valence-electron chi connectivity index (χ1n) is 10.4. The normalized spacial score (nSPS) is 14.3. The average Bonchev–Trinajstić information content (AvgIpc) is 3.27. The van der Waals surface area contributed by atoms with Gasteiger partial charge in [-0.25, -0.2) is 9.97 Å². The van der Waals surface area contributed by atoms with E-state index in [1.165, 1.54) is 11.8 Å². The van der Waals surface area contributed by atoms with Crippen molar-refractivity contribution in [3.63, 3.8) is 0 Å². The zero-order chi connectivity index (χ0) is 22.2. The van der Waals surface area contributed by atoms with Crippen LogP contribution in [0.3, 0.4) is 0 Å². The lowest BCUT2D eigenvalue weighted by Gasteiger charge is -2.15. The Morgan fingerprint density at radius 1 is 1.06 bits per heavy atom. The van der Waals surface area contributed by atoms with Crippen LogP contribution in [0.25, 0.3) is 5.57 Å². The summed E-state index contributed by atoms with van der Waals surface area (Å²) < 4.78 is 1.77. The second-order valence-electron chi connectivity index (χ2n) is 7.38. The van der Waals surface area contributed by atoms with Crippen molar-refractivity contribution in [3.8, 4) is 0 Å². The van der Waals surface area contributed by atoms with E-state index in [2.05, 4.69) is 43.1 Å². The molecule has 4 rings (SSSR count). The minimum absolute atomic E-state index is 0.590. The first-order valence-corrected chi connectivity index (χ1v) is 10.4. The van der Waals surface area contributed by atoms with Crippen LogP contribution in [0.2, 0.25) is 0 Å². The summed E-state index contributed by atoms with van der Waals surface area (Å²) in [7, 11) is 1.89. The van der Waals surface area contributed by atoms with Crippen LogP contribution in [-0.4, -0.2) is 39.1 Å². The van der Waals surface area contributed by atoms with Gasteiger partial charge in [0.25, 0.3) is 0 Å². The zero-order valence-corrected chi connectivity index (χ0v) is 17.9. The maximum atomic E-state index is 7.73. The molecule has 1 aliphatic rings. The largest absolute Gasteiger partial charge is 0.380 e. The Morgan fingerprint density at radius 2 is 1.88 bits per heavy atom. The van der Waals surface area contributed by atoms with E-state index in [0.717, 1.165) is 28.8 Å². The Morgan fingerprint density at radius 3 is 2.53 bits per heavy atom. The number of anilines is 1. The smallest absolute Gasteiger partial charge is 0.222 e. The summed E-state index contributed by atoms with van der Waals surface area (Å²) >= 11 is 0. The molecule has 4 N–H and O–H groups in total. The van der Waals surface area contributed by atoms with E-state index in [-0.39, 0.29) is 0 Å². The molecule has 162 valence electrons. The van der Waals surface area contributed by atoms with Gasteiger partial charge in [-0.1, -0.05) is 36.4 Å². The van der Waals surface area contributed by atoms with Crippen LogP contribution in [0.15, 0.2) is 84.9 Å². The number of nitrogens with zero attached hydrogens (tertiary/aromatic N) is 4. The van der Waals surface area contributed by atoms with Crippen LogP contribution in [0.4, 0.5) is 5.95 Å². The summed E-state index contributed by atoms with van der Waals surface area (Å²) in [6, 6.07) is 10.3. The van der Waals surface area contributed by atoms with E-state index < -0.39 is 0 Å². The summed E-state index contributed by atoms with van der Waals surface area (Å²) in [5.41, 5.74) is 5.95. The van der Waals surface area contributed by atoms with Crippen molar-refractivity contribution < 1.29 is 0 Å².